The molecule has 3 aromatic rings. The summed E-state index contributed by atoms with van der Waals surface area (Å²) in [6.45, 7) is 3.42. The highest BCUT2D eigenvalue weighted by molar-refractivity contribution is 5.87. The molecule has 156 valence electrons. The summed E-state index contributed by atoms with van der Waals surface area (Å²) < 4.78 is 0. The van der Waals surface area contributed by atoms with Crippen LogP contribution in [0.2, 0.25) is 0 Å². The molecule has 4 rings (SSSR count). The van der Waals surface area contributed by atoms with Gasteiger partial charge in [0.15, 0.2) is 0 Å². The summed E-state index contributed by atoms with van der Waals surface area (Å²) in [6.07, 6.45) is 6.85. The summed E-state index contributed by atoms with van der Waals surface area (Å²) in [6, 6.07) is 13.5. The Kier molecular flexibility index (Phi) is 6.03. The van der Waals surface area contributed by atoms with Crippen molar-refractivity contribution in [2.24, 2.45) is 0 Å². The minimum Gasteiger partial charge on any atom is -0.370 e. The molecule has 0 bridgehead atoms. The molecular weight excluding hydrogens is 390 g/mol. The quantitative estimate of drug-likeness (QED) is 0.648. The molecule has 1 amide bonds. The monoisotopic (exact) mass is 413 g/mol. The Balaban J connectivity index is 1.54. The van der Waals surface area contributed by atoms with Gasteiger partial charge in [-0.2, -0.15) is 5.26 Å². The summed E-state index contributed by atoms with van der Waals surface area (Å²) in [7, 11) is 0. The van der Waals surface area contributed by atoms with Crippen LogP contribution >= 0.6 is 0 Å². The first kappa shape index (κ1) is 20.3. The van der Waals surface area contributed by atoms with E-state index in [4.69, 9.17) is 0 Å². The normalized spacial score (nSPS) is 13.4. The second kappa shape index (κ2) is 9.22. The molecule has 8 heteroatoms. The van der Waals surface area contributed by atoms with Crippen molar-refractivity contribution in [2.75, 3.05) is 28.6 Å². The molecule has 1 aliphatic heterocycles. The third-order valence-corrected chi connectivity index (χ3v) is 5.09. The zero-order chi connectivity index (χ0) is 21.6. The van der Waals surface area contributed by atoms with Gasteiger partial charge in [-0.15, -0.1) is 0 Å². The number of pyridine rings is 1. The smallest absolute Gasteiger partial charge is 0.227 e. The van der Waals surface area contributed by atoms with E-state index in [9.17, 15) is 10.1 Å². The standard InChI is InChI=1S/C23H23N7O/c1-16(31)27-22-8-6-19(15-26-22)28-23-25-10-9-20(29-23)17-5-7-21(18(13-17)14-24)30-11-3-2-4-12-30/h5-10,13,15H,2-4,11-12H2,1H3,(H,25,28,29)(H,26,27,31). The lowest BCUT2D eigenvalue weighted by Gasteiger charge is -2.29. The second-order valence-electron chi connectivity index (χ2n) is 7.40. The van der Waals surface area contributed by atoms with E-state index < -0.39 is 0 Å². The second-order valence-corrected chi connectivity index (χ2v) is 7.40. The highest BCUT2D eigenvalue weighted by atomic mass is 16.1. The number of hydrogen-bond acceptors (Lipinski definition) is 7. The molecule has 0 atom stereocenters. The molecule has 0 unspecified atom stereocenters. The van der Waals surface area contributed by atoms with Gasteiger partial charge in [-0.05, 0) is 49.6 Å². The molecule has 2 N–H and O–H groups in total. The van der Waals surface area contributed by atoms with Gasteiger partial charge < -0.3 is 15.5 Å². The zero-order valence-electron chi connectivity index (χ0n) is 17.3. The Morgan fingerprint density at radius 2 is 1.94 bits per heavy atom. The molecule has 2 aromatic heterocycles. The Bertz CT molecular complexity index is 1120. The Hall–Kier alpha value is -3.99. The number of amides is 1. The van der Waals surface area contributed by atoms with Gasteiger partial charge in [-0.25, -0.2) is 15.0 Å². The zero-order valence-corrected chi connectivity index (χ0v) is 17.3. The van der Waals surface area contributed by atoms with Gasteiger partial charge >= 0.3 is 0 Å². The topological polar surface area (TPSA) is 107 Å². The molecule has 8 nitrogen and oxygen atoms in total. The van der Waals surface area contributed by atoms with E-state index in [0.29, 0.717) is 23.0 Å². The van der Waals surface area contributed by atoms with Crippen LogP contribution in [0.4, 0.5) is 23.1 Å². The third-order valence-electron chi connectivity index (χ3n) is 5.09. The maximum absolute atomic E-state index is 11.1. The highest BCUT2D eigenvalue weighted by Crippen LogP contribution is 2.29. The first-order valence-electron chi connectivity index (χ1n) is 10.3. The molecule has 1 saturated heterocycles. The van der Waals surface area contributed by atoms with Gasteiger partial charge in [-0.3, -0.25) is 4.79 Å². The van der Waals surface area contributed by atoms with Crippen LogP contribution in [0.15, 0.2) is 48.8 Å². The molecule has 1 aromatic carbocycles. The van der Waals surface area contributed by atoms with Crippen LogP contribution in [-0.2, 0) is 4.79 Å². The van der Waals surface area contributed by atoms with E-state index in [-0.39, 0.29) is 5.91 Å². The number of benzene rings is 1. The molecule has 3 heterocycles. The van der Waals surface area contributed by atoms with Crippen molar-refractivity contribution in [2.45, 2.75) is 26.2 Å². The fraction of sp³-hybridized carbons (Fsp3) is 0.261. The van der Waals surface area contributed by atoms with Gasteiger partial charge in [-0.1, -0.05) is 6.07 Å². The van der Waals surface area contributed by atoms with Crippen molar-refractivity contribution in [3.05, 3.63) is 54.4 Å². The van der Waals surface area contributed by atoms with E-state index in [0.717, 1.165) is 42.9 Å². The lowest BCUT2D eigenvalue weighted by Crippen LogP contribution is -2.29. The number of piperidine rings is 1. The number of aromatic nitrogens is 3. The lowest BCUT2D eigenvalue weighted by atomic mass is 10.0. The van der Waals surface area contributed by atoms with E-state index in [1.54, 1.807) is 24.5 Å². The Morgan fingerprint density at radius 3 is 2.65 bits per heavy atom. The average molecular weight is 413 g/mol. The first-order chi connectivity index (χ1) is 15.1. The van der Waals surface area contributed by atoms with Crippen LogP contribution in [0.3, 0.4) is 0 Å². The number of carbonyl (C=O) groups is 1. The summed E-state index contributed by atoms with van der Waals surface area (Å²) in [5.74, 6) is 0.725. The molecule has 1 aliphatic rings. The minimum absolute atomic E-state index is 0.174. The first-order valence-corrected chi connectivity index (χ1v) is 10.3. The Morgan fingerprint density at radius 1 is 1.10 bits per heavy atom. The summed E-state index contributed by atoms with van der Waals surface area (Å²) in [4.78, 5) is 26.4. The molecule has 31 heavy (non-hydrogen) atoms. The van der Waals surface area contributed by atoms with E-state index >= 15 is 0 Å². The lowest BCUT2D eigenvalue weighted by molar-refractivity contribution is -0.114. The Labute approximate surface area is 181 Å². The van der Waals surface area contributed by atoms with Crippen molar-refractivity contribution in [1.82, 2.24) is 15.0 Å². The molecule has 0 radical (unpaired) electrons. The number of nitrogens with one attached hydrogen (secondary N) is 2. The maximum atomic E-state index is 11.1. The molecule has 0 aliphatic carbocycles. The van der Waals surface area contributed by atoms with Crippen molar-refractivity contribution < 1.29 is 4.79 Å². The van der Waals surface area contributed by atoms with E-state index in [2.05, 4.69) is 36.6 Å². The van der Waals surface area contributed by atoms with Crippen LogP contribution < -0.4 is 15.5 Å². The van der Waals surface area contributed by atoms with Crippen LogP contribution in [0.25, 0.3) is 11.3 Å². The fourth-order valence-electron chi connectivity index (χ4n) is 3.63. The van der Waals surface area contributed by atoms with Crippen LogP contribution in [0, 0.1) is 11.3 Å². The van der Waals surface area contributed by atoms with E-state index in [1.165, 1.54) is 13.3 Å². The van der Waals surface area contributed by atoms with Crippen LogP contribution in [-0.4, -0.2) is 33.9 Å². The van der Waals surface area contributed by atoms with Crippen molar-refractivity contribution in [3.63, 3.8) is 0 Å². The number of carbonyl (C=O) groups excluding carboxylic acids is 1. The largest absolute Gasteiger partial charge is 0.370 e. The van der Waals surface area contributed by atoms with Crippen molar-refractivity contribution in [1.29, 1.82) is 5.26 Å². The number of rotatable bonds is 5. The fourth-order valence-corrected chi connectivity index (χ4v) is 3.63. The van der Waals surface area contributed by atoms with Gasteiger partial charge in [0.1, 0.15) is 11.9 Å². The maximum Gasteiger partial charge on any atom is 0.227 e. The predicted molar refractivity (Wildman–Crippen MR) is 120 cm³/mol. The van der Waals surface area contributed by atoms with Crippen LogP contribution in [0.5, 0.6) is 0 Å². The third kappa shape index (κ3) is 4.95. The van der Waals surface area contributed by atoms with Gasteiger partial charge in [0, 0.05) is 31.8 Å². The number of anilines is 4. The molecule has 1 fully saturated rings. The summed E-state index contributed by atoms with van der Waals surface area (Å²) in [5.41, 5.74) is 3.93. The number of hydrogen-bond donors (Lipinski definition) is 2. The van der Waals surface area contributed by atoms with Crippen LogP contribution in [0.1, 0.15) is 31.7 Å². The van der Waals surface area contributed by atoms with Gasteiger partial charge in [0.05, 0.1) is 28.8 Å². The number of nitriles is 1. The summed E-state index contributed by atoms with van der Waals surface area (Å²) in [5, 5.41) is 15.4. The highest BCUT2D eigenvalue weighted by Gasteiger charge is 2.15. The predicted octanol–water partition coefficient (Wildman–Crippen LogP) is 4.10. The van der Waals surface area contributed by atoms with Gasteiger partial charge in [0.25, 0.3) is 0 Å². The van der Waals surface area contributed by atoms with E-state index in [1.807, 2.05) is 24.3 Å². The molecular formula is C23H23N7O. The molecule has 0 saturated carbocycles. The average Bonchev–Trinajstić information content (AvgIpc) is 2.80. The van der Waals surface area contributed by atoms with Gasteiger partial charge in [0.2, 0.25) is 11.9 Å². The van der Waals surface area contributed by atoms with Crippen molar-refractivity contribution in [3.8, 4) is 17.3 Å². The SMILES string of the molecule is CC(=O)Nc1ccc(Nc2nccc(-c3ccc(N4CCCCC4)c(C#N)c3)n2)cn1. The minimum atomic E-state index is -0.174. The summed E-state index contributed by atoms with van der Waals surface area (Å²) >= 11 is 0. The van der Waals surface area contributed by atoms with Crippen molar-refractivity contribution >= 4 is 29.0 Å². The number of nitrogens with zero attached hydrogens (tertiary/aromatic N) is 5. The molecule has 0 spiro atoms.